The highest BCUT2D eigenvalue weighted by atomic mass is 19.1. The molecule has 0 unspecified atom stereocenters. The number of esters is 1. The molecule has 4 N–H and O–H groups in total. The van der Waals surface area contributed by atoms with Crippen LogP contribution in [0.15, 0.2) is 35.7 Å². The monoisotopic (exact) mass is 486 g/mol. The van der Waals surface area contributed by atoms with Crippen LogP contribution in [0, 0.1) is 11.2 Å². The number of oxime groups is 1. The van der Waals surface area contributed by atoms with E-state index in [1.165, 1.54) is 6.07 Å². The summed E-state index contributed by atoms with van der Waals surface area (Å²) in [7, 11) is 0. The minimum atomic E-state index is -0.859. The zero-order valence-corrected chi connectivity index (χ0v) is 19.1. The summed E-state index contributed by atoms with van der Waals surface area (Å²) in [6.07, 6.45) is 4.54. The zero-order valence-electron chi connectivity index (χ0n) is 19.1. The van der Waals surface area contributed by atoms with Crippen LogP contribution in [0.2, 0.25) is 0 Å². The van der Waals surface area contributed by atoms with Gasteiger partial charge in [0.25, 0.3) is 0 Å². The van der Waals surface area contributed by atoms with E-state index in [9.17, 15) is 14.0 Å². The molecule has 0 atom stereocenters. The van der Waals surface area contributed by atoms with Crippen molar-refractivity contribution in [3.8, 4) is 11.1 Å². The van der Waals surface area contributed by atoms with Crippen LogP contribution in [-0.4, -0.2) is 58.3 Å². The molecule has 186 valence electrons. The topological polar surface area (TPSA) is 164 Å². The van der Waals surface area contributed by atoms with E-state index in [1.54, 1.807) is 24.5 Å². The number of nitrogens with zero attached hydrogens (tertiary/aromatic N) is 4. The average Bonchev–Trinajstić information content (AvgIpc) is 2.83. The van der Waals surface area contributed by atoms with Gasteiger partial charge in [0.2, 0.25) is 5.95 Å². The van der Waals surface area contributed by atoms with Crippen molar-refractivity contribution in [2.24, 2.45) is 10.9 Å². The van der Waals surface area contributed by atoms with Crippen LogP contribution in [0.25, 0.3) is 11.1 Å². The number of amidine groups is 1. The number of rotatable bonds is 11. The molecule has 12 heteroatoms. The zero-order chi connectivity index (χ0) is 25.2. The van der Waals surface area contributed by atoms with Crippen molar-refractivity contribution in [3.63, 3.8) is 0 Å². The summed E-state index contributed by atoms with van der Waals surface area (Å²) < 4.78 is 20.0. The van der Waals surface area contributed by atoms with Crippen LogP contribution in [0.1, 0.15) is 37.7 Å². The van der Waals surface area contributed by atoms with Gasteiger partial charge < -0.3 is 25.3 Å². The number of hydrogen-bond acceptors (Lipinski definition) is 9. The number of piperidine rings is 1. The maximum atomic E-state index is 15.0. The van der Waals surface area contributed by atoms with Gasteiger partial charge >= 0.3 is 11.9 Å². The normalized spacial score (nSPS) is 13.3. The number of nitrogens with two attached hydrogens (primary N) is 1. The first-order chi connectivity index (χ1) is 16.8. The molecule has 0 spiro atoms. The number of hydrogen-bond donors (Lipinski definition) is 3. The summed E-state index contributed by atoms with van der Waals surface area (Å²) in [5.41, 5.74) is 7.02. The molecule has 0 aliphatic carbocycles. The van der Waals surface area contributed by atoms with Crippen LogP contribution in [0.3, 0.4) is 0 Å². The Hall–Kier alpha value is -4.09. The number of aliphatic carboxylic acids is 1. The Bertz CT molecular complexity index is 1080. The maximum absolute atomic E-state index is 15.0. The minimum Gasteiger partial charge on any atom is -0.481 e. The van der Waals surface area contributed by atoms with E-state index in [0.29, 0.717) is 43.9 Å². The molecule has 35 heavy (non-hydrogen) atoms. The van der Waals surface area contributed by atoms with E-state index >= 15 is 0 Å². The van der Waals surface area contributed by atoms with Crippen molar-refractivity contribution in [2.45, 2.75) is 38.7 Å². The van der Waals surface area contributed by atoms with Crippen LogP contribution < -0.4 is 10.6 Å². The van der Waals surface area contributed by atoms with Gasteiger partial charge in [-0.15, -0.1) is 0 Å². The Kier molecular flexibility index (Phi) is 9.04. The Morgan fingerprint density at radius 3 is 2.60 bits per heavy atom. The Balaban J connectivity index is 1.55. The molecule has 3 rings (SSSR count). The smallest absolute Gasteiger partial charge is 0.313 e. The van der Waals surface area contributed by atoms with Gasteiger partial charge in [-0.05, 0) is 6.42 Å². The van der Waals surface area contributed by atoms with Crippen LogP contribution in [0.4, 0.5) is 10.3 Å². The van der Waals surface area contributed by atoms with E-state index in [0.717, 1.165) is 5.71 Å². The predicted molar refractivity (Wildman–Crippen MR) is 125 cm³/mol. The molecule has 1 aliphatic heterocycles. The van der Waals surface area contributed by atoms with Gasteiger partial charge in [-0.25, -0.2) is 14.4 Å². The highest BCUT2D eigenvalue weighted by molar-refractivity contribution is 5.94. The number of carbonyl (C=O) groups excluding carboxylic acids is 1. The maximum Gasteiger partial charge on any atom is 0.313 e. The molecule has 1 aromatic carbocycles. The van der Waals surface area contributed by atoms with Crippen molar-refractivity contribution >= 4 is 29.4 Å². The fourth-order valence-corrected chi connectivity index (χ4v) is 3.38. The van der Waals surface area contributed by atoms with Crippen LogP contribution in [0.5, 0.6) is 0 Å². The molecule has 0 amide bonds. The number of carboxylic acids is 1. The lowest BCUT2D eigenvalue weighted by Crippen LogP contribution is -2.35. The second-order valence-corrected chi connectivity index (χ2v) is 7.89. The minimum absolute atomic E-state index is 0.0503. The van der Waals surface area contributed by atoms with E-state index in [1.807, 2.05) is 4.90 Å². The number of carboxylic acid groups (broad SMARTS) is 1. The molecule has 0 bridgehead atoms. The van der Waals surface area contributed by atoms with Gasteiger partial charge in [-0.1, -0.05) is 23.4 Å². The lowest BCUT2D eigenvalue weighted by molar-refractivity contribution is -0.143. The predicted octanol–water partition coefficient (Wildman–Crippen LogP) is 2.49. The van der Waals surface area contributed by atoms with Gasteiger partial charge in [-0.3, -0.25) is 15.0 Å². The Morgan fingerprint density at radius 2 is 1.94 bits per heavy atom. The number of carbonyl (C=O) groups is 2. The van der Waals surface area contributed by atoms with Gasteiger partial charge in [0.05, 0.1) is 5.71 Å². The average molecular weight is 487 g/mol. The second kappa shape index (κ2) is 12.4. The highest BCUT2D eigenvalue weighted by Crippen LogP contribution is 2.26. The van der Waals surface area contributed by atoms with Crippen molar-refractivity contribution in [2.75, 3.05) is 24.6 Å². The van der Waals surface area contributed by atoms with E-state index in [-0.39, 0.29) is 43.0 Å². The van der Waals surface area contributed by atoms with Crippen molar-refractivity contribution in [1.82, 2.24) is 9.97 Å². The molecule has 11 nitrogen and oxygen atoms in total. The fraction of sp³-hybridized carbons (Fsp3) is 0.391. The van der Waals surface area contributed by atoms with Gasteiger partial charge in [0.1, 0.15) is 31.3 Å². The number of halogens is 1. The van der Waals surface area contributed by atoms with E-state index in [4.69, 9.17) is 25.8 Å². The third-order valence-corrected chi connectivity index (χ3v) is 5.19. The van der Waals surface area contributed by atoms with Gasteiger partial charge in [0, 0.05) is 61.4 Å². The summed E-state index contributed by atoms with van der Waals surface area (Å²) in [4.78, 5) is 38.0. The first-order valence-corrected chi connectivity index (χ1v) is 11.1. The Morgan fingerprint density at radius 1 is 1.23 bits per heavy atom. The molecule has 0 saturated carbocycles. The number of aromatic nitrogens is 2. The largest absolute Gasteiger partial charge is 0.481 e. The second-order valence-electron chi connectivity index (χ2n) is 7.89. The van der Waals surface area contributed by atoms with E-state index < -0.39 is 17.8 Å². The van der Waals surface area contributed by atoms with Gasteiger partial charge in [-0.2, -0.15) is 0 Å². The molecular weight excluding hydrogens is 459 g/mol. The molecule has 2 aromatic rings. The summed E-state index contributed by atoms with van der Waals surface area (Å²) >= 11 is 0. The lowest BCUT2D eigenvalue weighted by Gasteiger charge is -2.27. The van der Waals surface area contributed by atoms with Crippen LogP contribution in [-0.2, 0) is 25.8 Å². The van der Waals surface area contributed by atoms with Gasteiger partial charge in [0.15, 0.2) is 0 Å². The summed E-state index contributed by atoms with van der Waals surface area (Å²) in [6.45, 7) is 1.28. The number of anilines is 1. The van der Waals surface area contributed by atoms with Crippen LogP contribution >= 0.6 is 0 Å². The molecule has 0 radical (unpaired) electrons. The lowest BCUT2D eigenvalue weighted by atomic mass is 10.0. The van der Waals surface area contributed by atoms with Crippen molar-refractivity contribution in [1.29, 1.82) is 5.41 Å². The first-order valence-electron chi connectivity index (χ1n) is 11.1. The summed E-state index contributed by atoms with van der Waals surface area (Å²) in [6, 6.07) is 4.75. The quantitative estimate of drug-likeness (QED) is 0.142. The number of benzene rings is 1. The fourth-order valence-electron chi connectivity index (χ4n) is 3.38. The highest BCUT2D eigenvalue weighted by Gasteiger charge is 2.19. The van der Waals surface area contributed by atoms with Crippen molar-refractivity contribution in [3.05, 3.63) is 42.0 Å². The van der Waals surface area contributed by atoms with E-state index in [2.05, 4.69) is 15.1 Å². The summed E-state index contributed by atoms with van der Waals surface area (Å²) in [5.74, 6) is -1.90. The molecule has 1 aliphatic rings. The SMILES string of the molecule is N=C(N)CC(=O)OCc1cccc(-c2cnc(N3CCC(=NOCCCC(=O)O)CC3)nc2)c1F. The summed E-state index contributed by atoms with van der Waals surface area (Å²) in [5, 5.41) is 19.8. The van der Waals surface area contributed by atoms with Crippen molar-refractivity contribution < 1.29 is 28.7 Å². The molecule has 1 saturated heterocycles. The first kappa shape index (κ1) is 25.5. The third kappa shape index (κ3) is 7.73. The molecule has 2 heterocycles. The Labute approximate surface area is 201 Å². The standard InChI is InChI=1S/C23H27FN6O5/c24-22-15(14-34-21(33)11-19(25)26)3-1-4-18(22)16-12-27-23(28-13-16)30-8-6-17(7-9-30)29-35-10-2-5-20(31)32/h1,3-4,12-13H,2,5-11,14H2,(H3,25,26)(H,31,32). The molecule has 1 fully saturated rings. The number of ether oxygens (including phenoxy) is 1. The molecule has 1 aromatic heterocycles. The molecular formula is C23H27FN6O5. The third-order valence-electron chi connectivity index (χ3n) is 5.19. The number of nitrogens with one attached hydrogen (secondary N) is 1.